The van der Waals surface area contributed by atoms with Crippen molar-refractivity contribution in [1.82, 2.24) is 0 Å². The first-order chi connectivity index (χ1) is 2.00. The van der Waals surface area contributed by atoms with Gasteiger partial charge in [0, 0.05) is 0 Å². The Morgan fingerprint density at radius 1 is 1.29 bits per heavy atom. The van der Waals surface area contributed by atoms with E-state index in [0.717, 1.165) is 0 Å². The van der Waals surface area contributed by atoms with Crippen LogP contribution in [0.25, 0.3) is 0 Å². The van der Waals surface area contributed by atoms with Crippen LogP contribution in [0.4, 0.5) is 0 Å². The van der Waals surface area contributed by atoms with Gasteiger partial charge in [-0.25, -0.2) is 0 Å². The van der Waals surface area contributed by atoms with Gasteiger partial charge < -0.3 is 1.43 Å². The molecule has 0 aliphatic carbocycles. The minimum Gasteiger partial charge on any atom is -1.00 e. The summed E-state index contributed by atoms with van der Waals surface area (Å²) in [6.45, 7) is 0. The van der Waals surface area contributed by atoms with E-state index < -0.39 is 10.4 Å². The van der Waals surface area contributed by atoms with Gasteiger partial charge in [0.2, 0.25) is 0 Å². The van der Waals surface area contributed by atoms with E-state index in [9.17, 15) is 0 Å². The predicted octanol–water partition coefficient (Wildman–Crippen LogP) is -4.99. The molecule has 0 radical (unpaired) electrons. The van der Waals surface area contributed by atoms with E-state index in [4.69, 9.17) is 17.5 Å². The summed E-state index contributed by atoms with van der Waals surface area (Å²) in [4.78, 5) is 0. The van der Waals surface area contributed by atoms with Crippen molar-refractivity contribution in [3.63, 3.8) is 0 Å². The fourth-order valence-electron chi connectivity index (χ4n) is 0. The summed E-state index contributed by atoms with van der Waals surface area (Å²) in [5.74, 6) is 0. The molecule has 0 saturated heterocycles. The van der Waals surface area contributed by atoms with Gasteiger partial charge in [-0.2, -0.15) is 8.42 Å². The Morgan fingerprint density at radius 2 is 1.29 bits per heavy atom. The van der Waals surface area contributed by atoms with E-state index in [2.05, 4.69) is 0 Å². The Bertz CT molecular complexity index is 99.2. The molecule has 0 amide bonds. The van der Waals surface area contributed by atoms with Crippen molar-refractivity contribution < 1.29 is 70.3 Å². The normalized spacial score (nSPS) is 8.29. The molecular formula is H7KO4SSi. The molecule has 7 heteroatoms. The average Bonchev–Trinajstić information content (AvgIpc) is 0.722. The Hall–Kier alpha value is 1.72. The topological polar surface area (TPSA) is 74.6 Å². The van der Waals surface area contributed by atoms with Crippen LogP contribution in [0, 0.1) is 0 Å². The molecule has 0 aromatic heterocycles. The summed E-state index contributed by atoms with van der Waals surface area (Å²) >= 11 is 0. The van der Waals surface area contributed by atoms with Crippen LogP contribution in [0.2, 0.25) is 0 Å². The molecule has 2 N–H and O–H groups in total. The van der Waals surface area contributed by atoms with Crippen molar-refractivity contribution in [1.29, 1.82) is 0 Å². The van der Waals surface area contributed by atoms with E-state index in [1.54, 1.807) is 0 Å². The van der Waals surface area contributed by atoms with Crippen LogP contribution in [-0.2, 0) is 10.4 Å². The molecule has 0 aliphatic heterocycles. The molecule has 0 atom stereocenters. The molecule has 0 spiro atoms. The summed E-state index contributed by atoms with van der Waals surface area (Å²) in [5, 5.41) is 0. The van der Waals surface area contributed by atoms with Gasteiger partial charge in [-0.15, -0.1) is 0 Å². The Kier molecular flexibility index (Phi) is 13.3. The molecule has 0 fully saturated rings. The van der Waals surface area contributed by atoms with Crippen LogP contribution in [0.5, 0.6) is 0 Å². The van der Waals surface area contributed by atoms with Crippen LogP contribution >= 0.6 is 0 Å². The Balaban J connectivity index is -0.0000000267. The molecule has 0 heterocycles. The van der Waals surface area contributed by atoms with E-state index in [1.165, 1.54) is 0 Å². The van der Waals surface area contributed by atoms with Crippen molar-refractivity contribution in [2.75, 3.05) is 0 Å². The Labute approximate surface area is 90.2 Å². The fourth-order valence-corrected chi connectivity index (χ4v) is 0. The van der Waals surface area contributed by atoms with E-state index in [0.29, 0.717) is 0 Å². The predicted molar refractivity (Wildman–Crippen MR) is 26.6 cm³/mol. The first kappa shape index (κ1) is 15.9. The molecule has 42 valence electrons. The fraction of sp³-hybridized carbons (Fsp3) is 0. The maximum absolute atomic E-state index is 8.74. The van der Waals surface area contributed by atoms with Crippen LogP contribution in [0.15, 0.2) is 0 Å². The minimum absolute atomic E-state index is 0. The van der Waals surface area contributed by atoms with Gasteiger partial charge in [-0.3, -0.25) is 9.11 Å². The van der Waals surface area contributed by atoms with Gasteiger partial charge in [0.1, 0.15) is 0 Å². The number of hydrogen-bond acceptors (Lipinski definition) is 2. The Morgan fingerprint density at radius 3 is 1.29 bits per heavy atom. The third kappa shape index (κ3) is 85.2. The monoisotopic (exact) mass is 170 g/mol. The summed E-state index contributed by atoms with van der Waals surface area (Å²) in [6.07, 6.45) is 0. The van der Waals surface area contributed by atoms with E-state index >= 15 is 0 Å². The standard InChI is InChI=1S/K.H2O4S.H4Si.H/c;1-5(2,3)4;;/h;(H2,1,2,3,4);1H4;/q+1;;;-1. The second-order valence-corrected chi connectivity index (χ2v) is 1.34. The maximum Gasteiger partial charge on any atom is 1.00 e. The molecule has 7 heavy (non-hydrogen) atoms. The average molecular weight is 170 g/mol. The van der Waals surface area contributed by atoms with Gasteiger partial charge in [0.25, 0.3) is 0 Å². The molecule has 4 nitrogen and oxygen atoms in total. The first-order valence-corrected chi connectivity index (χ1v) is 2.10. The summed E-state index contributed by atoms with van der Waals surface area (Å²) in [5.41, 5.74) is 0. The summed E-state index contributed by atoms with van der Waals surface area (Å²) in [6, 6.07) is 0. The van der Waals surface area contributed by atoms with Crippen molar-refractivity contribution in [3.8, 4) is 0 Å². The van der Waals surface area contributed by atoms with Crippen LogP contribution < -0.4 is 51.4 Å². The van der Waals surface area contributed by atoms with E-state index in [1.807, 2.05) is 0 Å². The van der Waals surface area contributed by atoms with Gasteiger partial charge in [0.15, 0.2) is 0 Å². The molecule has 0 aromatic rings. The van der Waals surface area contributed by atoms with Crippen molar-refractivity contribution >= 4 is 21.4 Å². The first-order valence-electron chi connectivity index (χ1n) is 0.698. The van der Waals surface area contributed by atoms with Gasteiger partial charge in [0.05, 0.1) is 0 Å². The van der Waals surface area contributed by atoms with Gasteiger partial charge >= 0.3 is 61.8 Å². The molecular weight excluding hydrogens is 163 g/mol. The van der Waals surface area contributed by atoms with Gasteiger partial charge in [-0.05, 0) is 11.0 Å². The van der Waals surface area contributed by atoms with E-state index in [-0.39, 0.29) is 63.8 Å². The minimum atomic E-state index is -4.67. The number of rotatable bonds is 0. The molecule has 0 saturated carbocycles. The zero-order valence-corrected chi connectivity index (χ0v) is 7.06. The second-order valence-electron chi connectivity index (χ2n) is 0.448. The SMILES string of the molecule is O=S(=O)(O)O.[H-].[K+].[SiH4]. The largest absolute Gasteiger partial charge is 1.00 e. The smallest absolute Gasteiger partial charge is 1.00 e. The quantitative estimate of drug-likeness (QED) is 0.282. The second kappa shape index (κ2) is 5.85. The van der Waals surface area contributed by atoms with Crippen molar-refractivity contribution in [3.05, 3.63) is 0 Å². The molecule has 0 unspecified atom stereocenters. The zero-order chi connectivity index (χ0) is 4.50. The number of hydrogen-bond donors (Lipinski definition) is 2. The summed E-state index contributed by atoms with van der Waals surface area (Å²) in [7, 11) is -4.67. The van der Waals surface area contributed by atoms with Gasteiger partial charge in [-0.1, -0.05) is 0 Å². The molecule has 0 rings (SSSR count). The van der Waals surface area contributed by atoms with Crippen LogP contribution in [0.1, 0.15) is 1.43 Å². The van der Waals surface area contributed by atoms with Crippen molar-refractivity contribution in [2.45, 2.75) is 0 Å². The summed E-state index contributed by atoms with van der Waals surface area (Å²) < 4.78 is 31.6. The molecule has 0 bridgehead atoms. The molecule has 0 aromatic carbocycles. The molecule has 0 aliphatic rings. The maximum atomic E-state index is 8.74. The van der Waals surface area contributed by atoms with Crippen molar-refractivity contribution in [2.24, 2.45) is 0 Å². The van der Waals surface area contributed by atoms with Crippen LogP contribution in [0.3, 0.4) is 0 Å². The third-order valence-electron chi connectivity index (χ3n) is 0. The van der Waals surface area contributed by atoms with Crippen LogP contribution in [-0.4, -0.2) is 28.5 Å². The zero-order valence-electron chi connectivity index (χ0n) is 4.12. The third-order valence-corrected chi connectivity index (χ3v) is 0.